The molecule has 8 nitrogen and oxygen atoms in total. The van der Waals surface area contributed by atoms with Crippen molar-refractivity contribution < 1.29 is 14.8 Å². The summed E-state index contributed by atoms with van der Waals surface area (Å²) in [4.78, 5) is 10.1. The van der Waals surface area contributed by atoms with Gasteiger partial charge in [0.15, 0.2) is 0 Å². The molecule has 2 heterocycles. The van der Waals surface area contributed by atoms with Gasteiger partial charge in [0.2, 0.25) is 0 Å². The van der Waals surface area contributed by atoms with E-state index in [2.05, 4.69) is 17.3 Å². The fourth-order valence-corrected chi connectivity index (χ4v) is 2.53. The normalized spacial score (nSPS) is 19.3. The zero-order valence-corrected chi connectivity index (χ0v) is 12.1. The molecule has 2 N–H and O–H groups in total. The summed E-state index contributed by atoms with van der Waals surface area (Å²) >= 11 is 0. The van der Waals surface area contributed by atoms with E-state index < -0.39 is 11.0 Å². The molecular weight excluding hydrogens is 276 g/mol. The van der Waals surface area contributed by atoms with Gasteiger partial charge in [0.1, 0.15) is 12.4 Å². The van der Waals surface area contributed by atoms with Gasteiger partial charge in [-0.15, -0.1) is 0 Å². The van der Waals surface area contributed by atoms with Crippen molar-refractivity contribution in [2.24, 2.45) is 5.92 Å². The van der Waals surface area contributed by atoms with E-state index in [0.29, 0.717) is 18.5 Å². The molecule has 1 fully saturated rings. The van der Waals surface area contributed by atoms with Crippen LogP contribution in [0.5, 0.6) is 0 Å². The number of nitrogens with one attached hydrogen (secondary N) is 1. The number of hydrogen-bond acceptors (Lipinski definition) is 6. The number of aromatic nitrogens is 2. The average molecular weight is 298 g/mol. The van der Waals surface area contributed by atoms with E-state index >= 15 is 0 Å². The molecule has 1 aromatic heterocycles. The third-order valence-corrected chi connectivity index (χ3v) is 3.88. The molecular formula is C13H22N4O4. The van der Waals surface area contributed by atoms with Crippen LogP contribution in [0.3, 0.4) is 0 Å². The minimum atomic E-state index is -0.633. The van der Waals surface area contributed by atoms with Gasteiger partial charge >= 0.3 is 5.69 Å². The van der Waals surface area contributed by atoms with Crippen LogP contribution in [-0.4, -0.2) is 51.7 Å². The molecule has 118 valence electrons. The van der Waals surface area contributed by atoms with Crippen LogP contribution < -0.4 is 5.32 Å². The van der Waals surface area contributed by atoms with Gasteiger partial charge in [0.05, 0.1) is 17.6 Å². The number of aliphatic hydroxyl groups excluding tert-OH is 1. The van der Waals surface area contributed by atoms with Crippen molar-refractivity contribution >= 4 is 5.69 Å². The van der Waals surface area contributed by atoms with E-state index in [1.54, 1.807) is 0 Å². The van der Waals surface area contributed by atoms with Gasteiger partial charge in [-0.2, -0.15) is 5.10 Å². The molecule has 0 bridgehead atoms. The molecule has 2 rings (SSSR count). The van der Waals surface area contributed by atoms with Crippen molar-refractivity contribution in [3.8, 4) is 0 Å². The van der Waals surface area contributed by atoms with Gasteiger partial charge in [-0.25, -0.2) is 0 Å². The van der Waals surface area contributed by atoms with Crippen LogP contribution in [0.1, 0.15) is 19.8 Å². The monoisotopic (exact) mass is 298 g/mol. The zero-order chi connectivity index (χ0) is 15.2. The molecule has 1 aromatic rings. The first-order chi connectivity index (χ1) is 10.1. The highest BCUT2D eigenvalue weighted by atomic mass is 16.6. The van der Waals surface area contributed by atoms with Crippen LogP contribution in [0.15, 0.2) is 12.4 Å². The number of nitrogens with zero attached hydrogens (tertiary/aromatic N) is 3. The Kier molecular flexibility index (Phi) is 5.66. The lowest BCUT2D eigenvalue weighted by Gasteiger charge is -2.29. The summed E-state index contributed by atoms with van der Waals surface area (Å²) in [6, 6.07) is 0.315. The van der Waals surface area contributed by atoms with E-state index in [9.17, 15) is 15.2 Å². The first-order valence-corrected chi connectivity index (χ1v) is 7.22. The Morgan fingerprint density at radius 2 is 2.33 bits per heavy atom. The van der Waals surface area contributed by atoms with Gasteiger partial charge in [-0.1, -0.05) is 0 Å². The van der Waals surface area contributed by atoms with Crippen LogP contribution in [-0.2, 0) is 11.3 Å². The van der Waals surface area contributed by atoms with Gasteiger partial charge in [-0.3, -0.25) is 14.8 Å². The third kappa shape index (κ3) is 4.76. The van der Waals surface area contributed by atoms with Crippen molar-refractivity contribution in [2.45, 2.75) is 38.5 Å². The molecule has 1 saturated heterocycles. The van der Waals surface area contributed by atoms with Gasteiger partial charge < -0.3 is 15.2 Å². The molecule has 1 aliphatic rings. The minimum absolute atomic E-state index is 0.0641. The number of rotatable bonds is 7. The predicted molar refractivity (Wildman–Crippen MR) is 75.9 cm³/mol. The van der Waals surface area contributed by atoms with Crippen LogP contribution in [0.4, 0.5) is 5.69 Å². The largest absolute Gasteiger partial charge is 0.390 e. The third-order valence-electron chi connectivity index (χ3n) is 3.88. The Labute approximate surface area is 123 Å². The van der Waals surface area contributed by atoms with Crippen LogP contribution >= 0.6 is 0 Å². The molecule has 2 unspecified atom stereocenters. The lowest BCUT2D eigenvalue weighted by atomic mass is 9.93. The fourth-order valence-electron chi connectivity index (χ4n) is 2.53. The smallest absolute Gasteiger partial charge is 0.306 e. The molecule has 8 heteroatoms. The van der Waals surface area contributed by atoms with Gasteiger partial charge in [-0.05, 0) is 25.7 Å². The van der Waals surface area contributed by atoms with Crippen LogP contribution in [0, 0.1) is 16.0 Å². The maximum atomic E-state index is 10.6. The van der Waals surface area contributed by atoms with Crippen LogP contribution in [0.2, 0.25) is 0 Å². The molecule has 0 saturated carbocycles. The first-order valence-electron chi connectivity index (χ1n) is 7.22. The second-order valence-electron chi connectivity index (χ2n) is 5.48. The van der Waals surface area contributed by atoms with Crippen molar-refractivity contribution in [3.05, 3.63) is 22.5 Å². The Hall–Kier alpha value is -1.51. The standard InChI is InChI=1S/C13H22N4O4/c1-10(11-2-4-21-5-3-11)14-7-13(18)9-16-8-12(6-15-16)17(19)20/h6,8,10-11,13-14,18H,2-5,7,9H2,1H3. The van der Waals surface area contributed by atoms with E-state index in [-0.39, 0.29) is 12.2 Å². The summed E-state index contributed by atoms with van der Waals surface area (Å²) in [7, 11) is 0. The van der Waals surface area contributed by atoms with E-state index in [1.807, 2.05) is 0 Å². The summed E-state index contributed by atoms with van der Waals surface area (Å²) in [6.45, 7) is 4.39. The Morgan fingerprint density at radius 1 is 1.62 bits per heavy atom. The molecule has 0 radical (unpaired) electrons. The summed E-state index contributed by atoms with van der Waals surface area (Å²) in [6.07, 6.45) is 3.95. The number of ether oxygens (including phenoxy) is 1. The second kappa shape index (κ2) is 7.48. The van der Waals surface area contributed by atoms with Crippen molar-refractivity contribution in [3.63, 3.8) is 0 Å². The van der Waals surface area contributed by atoms with Crippen molar-refractivity contribution in [1.29, 1.82) is 0 Å². The summed E-state index contributed by atoms with van der Waals surface area (Å²) in [5, 5.41) is 27.7. The molecule has 21 heavy (non-hydrogen) atoms. The van der Waals surface area contributed by atoms with Gasteiger partial charge in [0, 0.05) is 25.8 Å². The molecule has 1 aliphatic heterocycles. The minimum Gasteiger partial charge on any atom is -0.390 e. The Balaban J connectivity index is 1.73. The summed E-state index contributed by atoms with van der Waals surface area (Å²) in [5.41, 5.74) is -0.0641. The van der Waals surface area contributed by atoms with Crippen molar-refractivity contribution in [1.82, 2.24) is 15.1 Å². The Bertz CT molecular complexity index is 459. The maximum Gasteiger partial charge on any atom is 0.306 e. The quantitative estimate of drug-likeness (QED) is 0.563. The number of hydrogen-bond donors (Lipinski definition) is 2. The zero-order valence-electron chi connectivity index (χ0n) is 12.1. The average Bonchev–Trinajstić information content (AvgIpc) is 2.94. The highest BCUT2D eigenvalue weighted by molar-refractivity contribution is 5.20. The summed E-state index contributed by atoms with van der Waals surface area (Å²) < 4.78 is 6.72. The lowest BCUT2D eigenvalue weighted by molar-refractivity contribution is -0.385. The van der Waals surface area contributed by atoms with Gasteiger partial charge in [0.25, 0.3) is 0 Å². The highest BCUT2D eigenvalue weighted by Crippen LogP contribution is 2.18. The number of aliphatic hydroxyl groups is 1. The lowest BCUT2D eigenvalue weighted by Crippen LogP contribution is -2.41. The molecule has 2 atom stereocenters. The van der Waals surface area contributed by atoms with Crippen molar-refractivity contribution in [2.75, 3.05) is 19.8 Å². The maximum absolute atomic E-state index is 10.6. The Morgan fingerprint density at radius 3 is 2.95 bits per heavy atom. The number of nitro groups is 1. The fraction of sp³-hybridized carbons (Fsp3) is 0.769. The molecule has 0 aliphatic carbocycles. The molecule has 0 amide bonds. The second-order valence-corrected chi connectivity index (χ2v) is 5.48. The molecule has 0 aromatic carbocycles. The summed E-state index contributed by atoms with van der Waals surface area (Å²) in [5.74, 6) is 0.566. The highest BCUT2D eigenvalue weighted by Gasteiger charge is 2.21. The topological polar surface area (TPSA) is 102 Å². The SMILES string of the molecule is CC(NCC(O)Cn1cc([N+](=O)[O-])cn1)C1CCOCC1. The van der Waals surface area contributed by atoms with E-state index in [1.165, 1.54) is 17.1 Å². The molecule has 0 spiro atoms. The van der Waals surface area contributed by atoms with Crippen LogP contribution in [0.25, 0.3) is 0 Å². The first kappa shape index (κ1) is 15.9. The van der Waals surface area contributed by atoms with E-state index in [4.69, 9.17) is 4.74 Å². The van der Waals surface area contributed by atoms with E-state index in [0.717, 1.165) is 26.1 Å². The predicted octanol–water partition coefficient (Wildman–Crippen LogP) is 0.557.